The fourth-order valence-electron chi connectivity index (χ4n) is 4.29. The van der Waals surface area contributed by atoms with Gasteiger partial charge < -0.3 is 14.6 Å². The van der Waals surface area contributed by atoms with E-state index in [9.17, 15) is 9.59 Å². The van der Waals surface area contributed by atoms with E-state index in [2.05, 4.69) is 26.1 Å². The summed E-state index contributed by atoms with van der Waals surface area (Å²) >= 11 is 0. The van der Waals surface area contributed by atoms with E-state index < -0.39 is 0 Å². The highest BCUT2D eigenvalue weighted by Crippen LogP contribution is 2.32. The maximum Gasteiger partial charge on any atom is 0.261 e. The van der Waals surface area contributed by atoms with Crippen LogP contribution in [0.2, 0.25) is 0 Å². The van der Waals surface area contributed by atoms with Crippen LogP contribution in [0.15, 0.2) is 47.3 Å². The third kappa shape index (κ3) is 5.24. The molecule has 5 nitrogen and oxygen atoms in total. The lowest BCUT2D eigenvalue weighted by atomic mass is 9.99. The first-order valence-electron chi connectivity index (χ1n) is 12.2. The molecule has 34 heavy (non-hydrogen) atoms. The highest BCUT2D eigenvalue weighted by molar-refractivity contribution is 6.06. The molecule has 0 saturated heterocycles. The van der Waals surface area contributed by atoms with Crippen molar-refractivity contribution in [2.75, 3.05) is 5.32 Å². The molecule has 0 saturated carbocycles. The van der Waals surface area contributed by atoms with Crippen LogP contribution in [-0.2, 0) is 26.3 Å². The molecule has 0 aliphatic heterocycles. The summed E-state index contributed by atoms with van der Waals surface area (Å²) in [6, 6.07) is 13.6. The number of aromatic nitrogens is 1. The molecule has 1 aromatic heterocycles. The van der Waals surface area contributed by atoms with Crippen LogP contribution >= 0.6 is 0 Å². The van der Waals surface area contributed by atoms with Crippen LogP contribution in [0.3, 0.4) is 0 Å². The van der Waals surface area contributed by atoms with Crippen molar-refractivity contribution in [1.82, 2.24) is 4.57 Å². The summed E-state index contributed by atoms with van der Waals surface area (Å²) in [7, 11) is 1.94. The van der Waals surface area contributed by atoms with E-state index >= 15 is 0 Å². The van der Waals surface area contributed by atoms with E-state index in [-0.39, 0.29) is 16.9 Å². The summed E-state index contributed by atoms with van der Waals surface area (Å²) in [5, 5.41) is 3.11. The maximum absolute atomic E-state index is 13.6. The van der Waals surface area contributed by atoms with Gasteiger partial charge >= 0.3 is 0 Å². The number of nitrogens with zero attached hydrogens (tertiary/aromatic N) is 1. The molecular formula is C29H36N2O3. The van der Waals surface area contributed by atoms with Crippen molar-refractivity contribution < 1.29 is 9.53 Å². The quantitative estimate of drug-likeness (QED) is 0.396. The Balaban J connectivity index is 2.04. The molecule has 180 valence electrons. The summed E-state index contributed by atoms with van der Waals surface area (Å²) in [5.41, 5.74) is 5.13. The molecule has 5 heteroatoms. The first kappa shape index (κ1) is 25.3. The zero-order chi connectivity index (χ0) is 24.8. The van der Waals surface area contributed by atoms with Crippen LogP contribution in [0.25, 0.3) is 0 Å². The summed E-state index contributed by atoms with van der Waals surface area (Å²) in [6.45, 7) is 9.95. The average Bonchev–Trinajstić information content (AvgIpc) is 2.85. The van der Waals surface area contributed by atoms with Gasteiger partial charge in [0.05, 0.1) is 0 Å². The van der Waals surface area contributed by atoms with Crippen LogP contribution in [0.5, 0.6) is 11.5 Å². The number of carbonyl (C=O) groups is 1. The Morgan fingerprint density at radius 3 is 2.15 bits per heavy atom. The Morgan fingerprint density at radius 1 is 0.971 bits per heavy atom. The van der Waals surface area contributed by atoms with Crippen LogP contribution < -0.4 is 15.5 Å². The van der Waals surface area contributed by atoms with Gasteiger partial charge in [0.25, 0.3) is 5.91 Å². The fourth-order valence-corrected chi connectivity index (χ4v) is 4.29. The minimum atomic E-state index is -0.337. The number of pyridine rings is 1. The molecule has 1 N–H and O–H groups in total. The number of amides is 1. The van der Waals surface area contributed by atoms with Gasteiger partial charge in [-0.2, -0.15) is 0 Å². The van der Waals surface area contributed by atoms with E-state index in [1.807, 2.05) is 61.0 Å². The second-order valence-electron chi connectivity index (χ2n) is 8.72. The lowest BCUT2D eigenvalue weighted by Gasteiger charge is -2.20. The summed E-state index contributed by atoms with van der Waals surface area (Å²) in [5.74, 6) is 1.17. The minimum Gasteiger partial charge on any atom is -0.457 e. The molecule has 2 aromatic carbocycles. The molecule has 0 radical (unpaired) electrons. The number of hydrogen-bond donors (Lipinski definition) is 1. The average molecular weight is 461 g/mol. The van der Waals surface area contributed by atoms with Crippen molar-refractivity contribution in [3.8, 4) is 11.5 Å². The van der Waals surface area contributed by atoms with Gasteiger partial charge in [0, 0.05) is 29.7 Å². The summed E-state index contributed by atoms with van der Waals surface area (Å²) < 4.78 is 8.07. The molecule has 0 aliphatic rings. The molecule has 3 rings (SSSR count). The second kappa shape index (κ2) is 11.2. The number of carbonyl (C=O) groups excluding carboxylic acids is 1. The number of nitrogens with one attached hydrogen (secondary N) is 1. The first-order chi connectivity index (χ1) is 16.3. The zero-order valence-electron chi connectivity index (χ0n) is 21.2. The van der Waals surface area contributed by atoms with Gasteiger partial charge in [0.2, 0.25) is 0 Å². The van der Waals surface area contributed by atoms with Gasteiger partial charge in [-0.1, -0.05) is 45.4 Å². The van der Waals surface area contributed by atoms with Crippen molar-refractivity contribution in [3.05, 3.63) is 86.3 Å². The highest BCUT2D eigenvalue weighted by Gasteiger charge is 2.23. The van der Waals surface area contributed by atoms with Gasteiger partial charge in [-0.25, -0.2) is 0 Å². The largest absolute Gasteiger partial charge is 0.457 e. The lowest BCUT2D eigenvalue weighted by molar-refractivity contribution is 0.102. The first-order valence-corrected chi connectivity index (χ1v) is 12.2. The van der Waals surface area contributed by atoms with Crippen molar-refractivity contribution in [2.45, 2.75) is 66.7 Å². The van der Waals surface area contributed by atoms with E-state index in [4.69, 9.17) is 4.74 Å². The SMILES string of the molecule is CCCCc1c(C(=O)Nc2c(CC)cc(Oc3ccccc3)cc2CC)c(=O)c(C)c(C)n1C. The second-order valence-corrected chi connectivity index (χ2v) is 8.72. The Hall–Kier alpha value is -3.34. The van der Waals surface area contributed by atoms with Crippen LogP contribution in [0, 0.1) is 13.8 Å². The van der Waals surface area contributed by atoms with Crippen LogP contribution in [0.4, 0.5) is 5.69 Å². The van der Waals surface area contributed by atoms with Crippen molar-refractivity contribution in [1.29, 1.82) is 0 Å². The topological polar surface area (TPSA) is 60.3 Å². The number of para-hydroxylation sites is 1. The maximum atomic E-state index is 13.6. The monoisotopic (exact) mass is 460 g/mol. The number of unbranched alkanes of at least 4 members (excludes halogenated alkanes) is 1. The lowest BCUT2D eigenvalue weighted by Crippen LogP contribution is -2.30. The third-order valence-electron chi connectivity index (χ3n) is 6.56. The van der Waals surface area contributed by atoms with Crippen molar-refractivity contribution in [3.63, 3.8) is 0 Å². The standard InChI is InChI=1S/C29H36N2O3/c1-7-10-16-25-26(28(32)19(4)20(5)31(25)6)29(33)30-27-21(8-2)17-24(18-22(27)9-3)34-23-14-12-11-13-15-23/h11-15,17-18H,7-10,16H2,1-6H3,(H,30,33). The Morgan fingerprint density at radius 2 is 1.59 bits per heavy atom. The Labute approximate surface area is 202 Å². The van der Waals surface area contributed by atoms with Crippen LogP contribution in [-0.4, -0.2) is 10.5 Å². The minimum absolute atomic E-state index is 0.181. The molecule has 0 bridgehead atoms. The van der Waals surface area contributed by atoms with E-state index in [1.165, 1.54) is 0 Å². The molecule has 1 amide bonds. The van der Waals surface area contributed by atoms with Gasteiger partial charge in [0.15, 0.2) is 5.43 Å². The van der Waals surface area contributed by atoms with Crippen molar-refractivity contribution in [2.24, 2.45) is 7.05 Å². The number of aryl methyl sites for hydroxylation is 2. The molecule has 1 heterocycles. The predicted octanol–water partition coefficient (Wildman–Crippen LogP) is 6.51. The molecular weight excluding hydrogens is 424 g/mol. The van der Waals surface area contributed by atoms with Gasteiger partial charge in [-0.3, -0.25) is 9.59 Å². The van der Waals surface area contributed by atoms with Gasteiger partial charge in [-0.15, -0.1) is 0 Å². The molecule has 0 aliphatic carbocycles. The van der Waals surface area contributed by atoms with E-state index in [0.717, 1.165) is 65.4 Å². The highest BCUT2D eigenvalue weighted by atomic mass is 16.5. The van der Waals surface area contributed by atoms with Gasteiger partial charge in [0.1, 0.15) is 17.1 Å². The number of benzene rings is 2. The fraction of sp³-hybridized carbons (Fsp3) is 0.379. The summed E-state index contributed by atoms with van der Waals surface area (Å²) in [4.78, 5) is 26.8. The molecule has 0 fully saturated rings. The number of rotatable bonds is 9. The smallest absolute Gasteiger partial charge is 0.261 e. The number of ether oxygens (including phenoxy) is 1. The molecule has 0 spiro atoms. The normalized spacial score (nSPS) is 10.9. The molecule has 0 atom stereocenters. The number of anilines is 1. The zero-order valence-corrected chi connectivity index (χ0v) is 21.2. The molecule has 3 aromatic rings. The Kier molecular flexibility index (Phi) is 8.32. The predicted molar refractivity (Wildman–Crippen MR) is 139 cm³/mol. The van der Waals surface area contributed by atoms with Gasteiger partial charge in [-0.05, 0) is 74.9 Å². The number of hydrogen-bond acceptors (Lipinski definition) is 3. The summed E-state index contributed by atoms with van der Waals surface area (Å²) in [6.07, 6.45) is 4.05. The van der Waals surface area contributed by atoms with E-state index in [1.54, 1.807) is 6.92 Å². The Bertz CT molecular complexity index is 1200. The van der Waals surface area contributed by atoms with Crippen molar-refractivity contribution >= 4 is 11.6 Å². The van der Waals surface area contributed by atoms with Crippen LogP contribution in [0.1, 0.15) is 72.0 Å². The van der Waals surface area contributed by atoms with E-state index in [0.29, 0.717) is 12.0 Å². The molecule has 0 unspecified atom stereocenters. The third-order valence-corrected chi connectivity index (χ3v) is 6.56.